The van der Waals surface area contributed by atoms with Gasteiger partial charge in [-0.25, -0.2) is 0 Å². The van der Waals surface area contributed by atoms with Crippen molar-refractivity contribution in [1.82, 2.24) is 14.7 Å². The second kappa shape index (κ2) is 2.33. The summed E-state index contributed by atoms with van der Waals surface area (Å²) in [5.41, 5.74) is 0.691. The van der Waals surface area contributed by atoms with Crippen molar-refractivity contribution in [3.63, 3.8) is 0 Å². The van der Waals surface area contributed by atoms with Gasteiger partial charge in [0.15, 0.2) is 0 Å². The van der Waals surface area contributed by atoms with Crippen molar-refractivity contribution in [3.05, 3.63) is 18.0 Å². The van der Waals surface area contributed by atoms with Gasteiger partial charge < -0.3 is 4.90 Å². The molecule has 4 heteroatoms. The van der Waals surface area contributed by atoms with Gasteiger partial charge in [0.25, 0.3) is 5.91 Å². The standard InChI is InChI=1S/C8H11N3O/c1-6-5-10(2)8(12)7-3-4-9-11(6)7/h3-4,6H,5H2,1-2H3. The zero-order valence-electron chi connectivity index (χ0n) is 7.19. The van der Waals surface area contributed by atoms with Gasteiger partial charge in [-0.1, -0.05) is 0 Å². The molecule has 0 radical (unpaired) electrons. The molecule has 0 bridgehead atoms. The lowest BCUT2D eigenvalue weighted by atomic mass is 10.2. The van der Waals surface area contributed by atoms with Crippen LogP contribution < -0.4 is 0 Å². The molecule has 2 heterocycles. The Morgan fingerprint density at radius 2 is 2.42 bits per heavy atom. The molecule has 0 saturated carbocycles. The zero-order chi connectivity index (χ0) is 8.72. The van der Waals surface area contributed by atoms with E-state index >= 15 is 0 Å². The number of nitrogens with zero attached hydrogens (tertiary/aromatic N) is 3. The Kier molecular flexibility index (Phi) is 1.43. The van der Waals surface area contributed by atoms with Crippen LogP contribution in [0.3, 0.4) is 0 Å². The molecule has 2 rings (SSSR count). The van der Waals surface area contributed by atoms with E-state index in [4.69, 9.17) is 0 Å². The maximum Gasteiger partial charge on any atom is 0.271 e. The molecule has 4 nitrogen and oxygen atoms in total. The molecular weight excluding hydrogens is 154 g/mol. The van der Waals surface area contributed by atoms with Crippen molar-refractivity contribution in [2.24, 2.45) is 0 Å². The van der Waals surface area contributed by atoms with Crippen LogP contribution in [-0.2, 0) is 0 Å². The average molecular weight is 165 g/mol. The van der Waals surface area contributed by atoms with Crippen molar-refractivity contribution >= 4 is 5.91 Å². The zero-order valence-corrected chi connectivity index (χ0v) is 7.19. The molecule has 1 unspecified atom stereocenters. The molecule has 1 atom stereocenters. The molecule has 0 spiro atoms. The molecule has 1 aromatic rings. The highest BCUT2D eigenvalue weighted by molar-refractivity contribution is 5.93. The third-order valence-electron chi connectivity index (χ3n) is 2.19. The van der Waals surface area contributed by atoms with Crippen LogP contribution in [0.2, 0.25) is 0 Å². The Labute approximate surface area is 70.8 Å². The molecule has 0 saturated heterocycles. The third kappa shape index (κ3) is 0.841. The molecule has 1 aliphatic heterocycles. The highest BCUT2D eigenvalue weighted by Gasteiger charge is 2.26. The van der Waals surface area contributed by atoms with Crippen molar-refractivity contribution < 1.29 is 4.79 Å². The maximum absolute atomic E-state index is 11.5. The lowest BCUT2D eigenvalue weighted by molar-refractivity contribution is 0.0715. The molecule has 12 heavy (non-hydrogen) atoms. The minimum atomic E-state index is 0.0607. The number of amides is 1. The molecule has 1 aliphatic rings. The van der Waals surface area contributed by atoms with Crippen LogP contribution in [-0.4, -0.2) is 34.2 Å². The van der Waals surface area contributed by atoms with Crippen LogP contribution in [0.25, 0.3) is 0 Å². The first kappa shape index (κ1) is 7.34. The fourth-order valence-corrected chi connectivity index (χ4v) is 1.59. The Balaban J connectivity index is 2.50. The van der Waals surface area contributed by atoms with Crippen molar-refractivity contribution in [2.45, 2.75) is 13.0 Å². The Hall–Kier alpha value is -1.32. The van der Waals surface area contributed by atoms with Gasteiger partial charge in [-0.3, -0.25) is 9.48 Å². The molecule has 0 fully saturated rings. The number of carbonyl (C=O) groups excluding carboxylic acids is 1. The first-order chi connectivity index (χ1) is 5.70. The number of rotatable bonds is 0. The van der Waals surface area contributed by atoms with Gasteiger partial charge in [0.2, 0.25) is 0 Å². The van der Waals surface area contributed by atoms with E-state index in [1.165, 1.54) is 0 Å². The van der Waals surface area contributed by atoms with Crippen molar-refractivity contribution in [2.75, 3.05) is 13.6 Å². The van der Waals surface area contributed by atoms with Crippen LogP contribution >= 0.6 is 0 Å². The summed E-state index contributed by atoms with van der Waals surface area (Å²) in [6.45, 7) is 2.80. The third-order valence-corrected chi connectivity index (χ3v) is 2.19. The number of fused-ring (bicyclic) bond motifs is 1. The van der Waals surface area contributed by atoms with E-state index in [-0.39, 0.29) is 11.9 Å². The summed E-state index contributed by atoms with van der Waals surface area (Å²) < 4.78 is 1.78. The van der Waals surface area contributed by atoms with Crippen LogP contribution in [0.1, 0.15) is 23.5 Å². The number of hydrogen-bond acceptors (Lipinski definition) is 2. The maximum atomic E-state index is 11.5. The van der Waals surface area contributed by atoms with E-state index in [9.17, 15) is 4.79 Å². The molecule has 64 valence electrons. The highest BCUT2D eigenvalue weighted by Crippen LogP contribution is 2.17. The fraction of sp³-hybridized carbons (Fsp3) is 0.500. The van der Waals surface area contributed by atoms with E-state index in [1.54, 1.807) is 21.8 Å². The summed E-state index contributed by atoms with van der Waals surface area (Å²) in [7, 11) is 1.81. The molecule has 1 aromatic heterocycles. The van der Waals surface area contributed by atoms with Crippen LogP contribution in [0, 0.1) is 0 Å². The van der Waals surface area contributed by atoms with Crippen molar-refractivity contribution in [3.8, 4) is 0 Å². The second-order valence-electron chi connectivity index (χ2n) is 3.20. The minimum absolute atomic E-state index is 0.0607. The van der Waals surface area contributed by atoms with Crippen LogP contribution in [0.5, 0.6) is 0 Å². The van der Waals surface area contributed by atoms with E-state index in [1.807, 2.05) is 7.05 Å². The number of carbonyl (C=O) groups is 1. The molecule has 1 amide bonds. The number of likely N-dealkylation sites (N-methyl/N-ethyl adjacent to an activating group) is 1. The Morgan fingerprint density at radius 3 is 3.17 bits per heavy atom. The summed E-state index contributed by atoms with van der Waals surface area (Å²) in [5.74, 6) is 0.0607. The van der Waals surface area contributed by atoms with E-state index in [2.05, 4.69) is 12.0 Å². The summed E-state index contributed by atoms with van der Waals surface area (Å²) >= 11 is 0. The van der Waals surface area contributed by atoms with Gasteiger partial charge in [-0.2, -0.15) is 5.10 Å². The predicted molar refractivity (Wildman–Crippen MR) is 43.9 cm³/mol. The molecule has 0 N–H and O–H groups in total. The summed E-state index contributed by atoms with van der Waals surface area (Å²) in [5, 5.41) is 4.09. The lowest BCUT2D eigenvalue weighted by Gasteiger charge is -2.28. The average Bonchev–Trinajstić information content (AvgIpc) is 2.48. The van der Waals surface area contributed by atoms with Gasteiger partial charge >= 0.3 is 0 Å². The number of aromatic nitrogens is 2. The topological polar surface area (TPSA) is 38.1 Å². The van der Waals surface area contributed by atoms with Gasteiger partial charge in [0.1, 0.15) is 5.69 Å². The van der Waals surface area contributed by atoms with Gasteiger partial charge in [-0.15, -0.1) is 0 Å². The summed E-state index contributed by atoms with van der Waals surface area (Å²) in [6.07, 6.45) is 1.67. The molecule has 0 aromatic carbocycles. The fourth-order valence-electron chi connectivity index (χ4n) is 1.59. The monoisotopic (exact) mass is 165 g/mol. The largest absolute Gasteiger partial charge is 0.338 e. The van der Waals surface area contributed by atoms with E-state index < -0.39 is 0 Å². The molecule has 0 aliphatic carbocycles. The van der Waals surface area contributed by atoms with E-state index in [0.29, 0.717) is 5.69 Å². The quantitative estimate of drug-likeness (QED) is 0.562. The Bertz CT molecular complexity index is 318. The lowest BCUT2D eigenvalue weighted by Crippen LogP contribution is -2.39. The SMILES string of the molecule is CC1CN(C)C(=O)c2ccnn21. The van der Waals surface area contributed by atoms with Crippen LogP contribution in [0.4, 0.5) is 0 Å². The normalized spacial score (nSPS) is 22.7. The molecular formula is C8H11N3O. The van der Waals surface area contributed by atoms with Crippen LogP contribution in [0.15, 0.2) is 12.3 Å². The van der Waals surface area contributed by atoms with Gasteiger partial charge in [0, 0.05) is 19.8 Å². The van der Waals surface area contributed by atoms with Crippen molar-refractivity contribution in [1.29, 1.82) is 0 Å². The summed E-state index contributed by atoms with van der Waals surface area (Å²) in [4.78, 5) is 13.2. The minimum Gasteiger partial charge on any atom is -0.338 e. The van der Waals surface area contributed by atoms with E-state index in [0.717, 1.165) is 6.54 Å². The van der Waals surface area contributed by atoms with Gasteiger partial charge in [-0.05, 0) is 13.0 Å². The first-order valence-corrected chi connectivity index (χ1v) is 3.99. The highest BCUT2D eigenvalue weighted by atomic mass is 16.2. The number of hydrogen-bond donors (Lipinski definition) is 0. The smallest absolute Gasteiger partial charge is 0.271 e. The first-order valence-electron chi connectivity index (χ1n) is 3.99. The Morgan fingerprint density at radius 1 is 1.67 bits per heavy atom. The second-order valence-corrected chi connectivity index (χ2v) is 3.20. The van der Waals surface area contributed by atoms with Gasteiger partial charge in [0.05, 0.1) is 6.04 Å². The summed E-state index contributed by atoms with van der Waals surface area (Å²) in [6, 6.07) is 2.05. The predicted octanol–water partition coefficient (Wildman–Crippen LogP) is 0.530.